The lowest BCUT2D eigenvalue weighted by atomic mass is 10.1. The van der Waals surface area contributed by atoms with Gasteiger partial charge in [0, 0.05) is 23.5 Å². The van der Waals surface area contributed by atoms with E-state index in [1.54, 1.807) is 12.1 Å². The minimum atomic E-state index is -0.407. The van der Waals surface area contributed by atoms with Gasteiger partial charge in [-0.25, -0.2) is 14.4 Å². The molecule has 19 heavy (non-hydrogen) atoms. The predicted molar refractivity (Wildman–Crippen MR) is 69.9 cm³/mol. The van der Waals surface area contributed by atoms with Gasteiger partial charge in [0.15, 0.2) is 0 Å². The van der Waals surface area contributed by atoms with Gasteiger partial charge in [0.1, 0.15) is 5.82 Å². The van der Waals surface area contributed by atoms with Gasteiger partial charge in [-0.3, -0.25) is 0 Å². The van der Waals surface area contributed by atoms with Crippen molar-refractivity contribution in [1.82, 2.24) is 9.97 Å². The molecule has 5 heteroatoms. The molecule has 0 saturated heterocycles. The van der Waals surface area contributed by atoms with Gasteiger partial charge < -0.3 is 5.32 Å². The van der Waals surface area contributed by atoms with Crippen LogP contribution in [0.25, 0.3) is 0 Å². The van der Waals surface area contributed by atoms with E-state index in [0.717, 1.165) is 11.4 Å². The molecule has 4 nitrogen and oxygen atoms in total. The molecule has 0 unspecified atom stereocenters. The number of aryl methyl sites for hydroxylation is 2. The number of halogens is 1. The number of hydrogen-bond acceptors (Lipinski definition) is 4. The highest BCUT2D eigenvalue weighted by Gasteiger charge is 2.05. The van der Waals surface area contributed by atoms with Crippen LogP contribution in [0.2, 0.25) is 0 Å². The highest BCUT2D eigenvalue weighted by molar-refractivity contribution is 5.35. The number of hydrogen-bond donors (Lipinski definition) is 1. The number of aromatic nitrogens is 2. The van der Waals surface area contributed by atoms with E-state index in [4.69, 9.17) is 5.26 Å². The number of nitriles is 1. The summed E-state index contributed by atoms with van der Waals surface area (Å²) in [6.45, 7) is 4.03. The van der Waals surface area contributed by atoms with Crippen LogP contribution in [-0.2, 0) is 6.54 Å². The van der Waals surface area contributed by atoms with Gasteiger partial charge in [0.05, 0.1) is 11.6 Å². The largest absolute Gasteiger partial charge is 0.350 e. The van der Waals surface area contributed by atoms with Crippen molar-refractivity contribution in [3.05, 3.63) is 52.6 Å². The zero-order chi connectivity index (χ0) is 13.8. The quantitative estimate of drug-likeness (QED) is 0.917. The fourth-order valence-electron chi connectivity index (χ4n) is 1.74. The summed E-state index contributed by atoms with van der Waals surface area (Å²) < 4.78 is 13.7. The molecule has 0 fully saturated rings. The highest BCUT2D eigenvalue weighted by Crippen LogP contribution is 2.12. The van der Waals surface area contributed by atoms with Crippen LogP contribution in [-0.4, -0.2) is 9.97 Å². The van der Waals surface area contributed by atoms with Gasteiger partial charge >= 0.3 is 0 Å². The first kappa shape index (κ1) is 13.0. The Bertz CT molecular complexity index is 626. The van der Waals surface area contributed by atoms with E-state index in [2.05, 4.69) is 15.3 Å². The van der Waals surface area contributed by atoms with E-state index in [1.165, 1.54) is 6.07 Å². The maximum absolute atomic E-state index is 13.7. The third-order valence-corrected chi connectivity index (χ3v) is 2.60. The van der Waals surface area contributed by atoms with Crippen molar-refractivity contribution in [2.75, 3.05) is 5.32 Å². The van der Waals surface area contributed by atoms with Crippen LogP contribution < -0.4 is 5.32 Å². The first-order valence-corrected chi connectivity index (χ1v) is 5.83. The summed E-state index contributed by atoms with van der Waals surface area (Å²) in [6, 6.07) is 8.16. The zero-order valence-electron chi connectivity index (χ0n) is 10.7. The molecule has 0 bridgehead atoms. The van der Waals surface area contributed by atoms with Crippen molar-refractivity contribution in [2.24, 2.45) is 0 Å². The van der Waals surface area contributed by atoms with Crippen molar-refractivity contribution in [3.63, 3.8) is 0 Å². The number of anilines is 1. The van der Waals surface area contributed by atoms with Crippen molar-refractivity contribution < 1.29 is 4.39 Å². The van der Waals surface area contributed by atoms with Crippen LogP contribution in [0, 0.1) is 31.0 Å². The summed E-state index contributed by atoms with van der Waals surface area (Å²) in [7, 11) is 0. The Morgan fingerprint density at radius 1 is 1.21 bits per heavy atom. The van der Waals surface area contributed by atoms with Gasteiger partial charge in [-0.1, -0.05) is 6.07 Å². The standard InChI is InChI=1S/C14H13FN4/c1-9-5-10(2)19-14(18-9)17-8-12-4-3-11(7-16)6-13(12)15/h3-6H,8H2,1-2H3,(H,17,18,19). The zero-order valence-corrected chi connectivity index (χ0v) is 10.7. The molecule has 96 valence electrons. The molecular weight excluding hydrogens is 243 g/mol. The second kappa shape index (κ2) is 5.44. The highest BCUT2D eigenvalue weighted by atomic mass is 19.1. The number of rotatable bonds is 3. The second-order valence-corrected chi connectivity index (χ2v) is 4.25. The molecule has 1 aromatic carbocycles. The summed E-state index contributed by atoms with van der Waals surface area (Å²) in [5, 5.41) is 11.6. The summed E-state index contributed by atoms with van der Waals surface area (Å²) in [4.78, 5) is 8.43. The van der Waals surface area contributed by atoms with Crippen molar-refractivity contribution in [3.8, 4) is 6.07 Å². The Hall–Kier alpha value is -2.48. The summed E-state index contributed by atoms with van der Waals surface area (Å²) in [6.07, 6.45) is 0. The van der Waals surface area contributed by atoms with Crippen molar-refractivity contribution in [1.29, 1.82) is 5.26 Å². The van der Waals surface area contributed by atoms with Crippen molar-refractivity contribution >= 4 is 5.95 Å². The third-order valence-electron chi connectivity index (χ3n) is 2.60. The topological polar surface area (TPSA) is 61.6 Å². The molecule has 1 aromatic heterocycles. The Labute approximate surface area is 110 Å². The van der Waals surface area contributed by atoms with Gasteiger partial charge in [-0.2, -0.15) is 5.26 Å². The molecule has 2 aromatic rings. The van der Waals surface area contributed by atoms with E-state index in [1.807, 2.05) is 26.0 Å². The summed E-state index contributed by atoms with van der Waals surface area (Å²) >= 11 is 0. The van der Waals surface area contributed by atoms with E-state index in [-0.39, 0.29) is 6.54 Å². The molecule has 0 spiro atoms. The maximum atomic E-state index is 13.7. The number of nitrogens with zero attached hydrogens (tertiary/aromatic N) is 3. The molecule has 1 heterocycles. The van der Waals surface area contributed by atoms with E-state index in [0.29, 0.717) is 17.1 Å². The molecule has 2 rings (SSSR count). The molecular formula is C14H13FN4. The van der Waals surface area contributed by atoms with E-state index >= 15 is 0 Å². The lowest BCUT2D eigenvalue weighted by Gasteiger charge is -2.07. The maximum Gasteiger partial charge on any atom is 0.223 e. The second-order valence-electron chi connectivity index (χ2n) is 4.25. The molecule has 0 amide bonds. The lowest BCUT2D eigenvalue weighted by Crippen LogP contribution is -2.06. The monoisotopic (exact) mass is 256 g/mol. The molecule has 0 aliphatic heterocycles. The number of benzene rings is 1. The van der Waals surface area contributed by atoms with Crippen molar-refractivity contribution in [2.45, 2.75) is 20.4 Å². The first-order chi connectivity index (χ1) is 9.08. The molecule has 0 aliphatic rings. The van der Waals surface area contributed by atoms with Crippen LogP contribution in [0.3, 0.4) is 0 Å². The van der Waals surface area contributed by atoms with Gasteiger partial charge in [-0.05, 0) is 32.0 Å². The summed E-state index contributed by atoms with van der Waals surface area (Å²) in [5.74, 6) is 0.0668. The smallest absolute Gasteiger partial charge is 0.223 e. The molecule has 0 aliphatic carbocycles. The van der Waals surface area contributed by atoms with Crippen LogP contribution in [0.1, 0.15) is 22.5 Å². The van der Waals surface area contributed by atoms with Crippen LogP contribution >= 0.6 is 0 Å². The minimum Gasteiger partial charge on any atom is -0.350 e. The lowest BCUT2D eigenvalue weighted by molar-refractivity contribution is 0.612. The van der Waals surface area contributed by atoms with Crippen LogP contribution in [0.4, 0.5) is 10.3 Å². The van der Waals surface area contributed by atoms with Gasteiger partial charge in [0.25, 0.3) is 0 Å². The Morgan fingerprint density at radius 3 is 2.47 bits per heavy atom. The predicted octanol–water partition coefficient (Wildman–Crippen LogP) is 2.72. The Morgan fingerprint density at radius 2 is 1.89 bits per heavy atom. The Balaban J connectivity index is 2.12. The van der Waals surface area contributed by atoms with Gasteiger partial charge in [0.2, 0.25) is 5.95 Å². The molecule has 0 saturated carbocycles. The normalized spacial score (nSPS) is 10.0. The third kappa shape index (κ3) is 3.26. The SMILES string of the molecule is Cc1cc(C)nc(NCc2ccc(C#N)cc2F)n1. The first-order valence-electron chi connectivity index (χ1n) is 5.83. The average molecular weight is 256 g/mol. The van der Waals surface area contributed by atoms with Crippen LogP contribution in [0.5, 0.6) is 0 Å². The fourth-order valence-corrected chi connectivity index (χ4v) is 1.74. The Kier molecular flexibility index (Phi) is 3.71. The minimum absolute atomic E-state index is 0.278. The van der Waals surface area contributed by atoms with E-state index < -0.39 is 5.82 Å². The molecule has 0 atom stereocenters. The van der Waals surface area contributed by atoms with Gasteiger partial charge in [-0.15, -0.1) is 0 Å². The number of nitrogens with one attached hydrogen (secondary N) is 1. The molecule has 1 N–H and O–H groups in total. The summed E-state index contributed by atoms with van der Waals surface area (Å²) in [5.41, 5.74) is 2.50. The average Bonchev–Trinajstić information content (AvgIpc) is 2.36. The fraction of sp³-hybridized carbons (Fsp3) is 0.214. The van der Waals surface area contributed by atoms with E-state index in [9.17, 15) is 4.39 Å². The van der Waals surface area contributed by atoms with Crippen LogP contribution in [0.15, 0.2) is 24.3 Å². The molecule has 0 radical (unpaired) electrons.